The van der Waals surface area contributed by atoms with Crippen LogP contribution in [0.1, 0.15) is 56.5 Å². The molecule has 2 fully saturated rings. The summed E-state index contributed by atoms with van der Waals surface area (Å²) in [5, 5.41) is 5.28. The van der Waals surface area contributed by atoms with Crippen LogP contribution in [0.4, 0.5) is 4.79 Å². The first kappa shape index (κ1) is 41.0. The van der Waals surface area contributed by atoms with Gasteiger partial charge in [0.1, 0.15) is 12.6 Å². The minimum absolute atomic E-state index is 0.0528. The van der Waals surface area contributed by atoms with Crippen molar-refractivity contribution in [3.63, 3.8) is 0 Å². The second kappa shape index (κ2) is 18.7. The maximum atomic E-state index is 13.7. The summed E-state index contributed by atoms with van der Waals surface area (Å²) in [6.45, 7) is -0.0279. The van der Waals surface area contributed by atoms with Crippen molar-refractivity contribution < 1.29 is 57.1 Å². The van der Waals surface area contributed by atoms with Gasteiger partial charge in [-0.2, -0.15) is 0 Å². The molecular formula is C47H42N2O12. The molecule has 7 atom stereocenters. The fourth-order valence-electron chi connectivity index (χ4n) is 7.64. The second-order valence-electron chi connectivity index (χ2n) is 14.6. The molecule has 8 rings (SSSR count). The Morgan fingerprint density at radius 3 is 1.90 bits per heavy atom. The maximum Gasteiger partial charge on any atom is 0.407 e. The standard InChI is InChI=1S/C47H42N2O12/c1-28(50)48-39-40(58-42(52)30-17-7-3-8-18-30)41-46(60-44(59-41)31-19-9-4-10-20-31)61-45(39)56-26-37(43(53)55-27-38(51)29-15-5-2-6-16-29)49-47(54)57-25-36-34-23-13-11-21-32(34)33-22-12-14-24-35(33)36/h2-24,36-37,39-41,44-46H,25-27H2,1H3,(H,48,50)(H,49,54)/t37-,39+,40+,41+,44+,45-,46-/m0/s1. The van der Waals surface area contributed by atoms with Crippen LogP contribution in [-0.2, 0) is 42.7 Å². The molecule has 61 heavy (non-hydrogen) atoms. The van der Waals surface area contributed by atoms with Crippen molar-refractivity contribution in [3.05, 3.63) is 167 Å². The predicted molar refractivity (Wildman–Crippen MR) is 217 cm³/mol. The van der Waals surface area contributed by atoms with Crippen LogP contribution in [0.5, 0.6) is 0 Å². The molecule has 5 aromatic carbocycles. The van der Waals surface area contributed by atoms with E-state index in [1.807, 2.05) is 54.6 Å². The van der Waals surface area contributed by atoms with E-state index in [9.17, 15) is 24.0 Å². The van der Waals surface area contributed by atoms with Crippen molar-refractivity contribution in [2.24, 2.45) is 0 Å². The molecular weight excluding hydrogens is 785 g/mol. The number of hydrogen-bond acceptors (Lipinski definition) is 12. The molecule has 312 valence electrons. The SMILES string of the molecule is CC(=O)N[C@H]1[C@@H](OC[C@H](NC(=O)OCC2c3ccccc3-c3ccccc32)C(=O)OCC(=O)c2ccccc2)O[C@@H]2O[C@H](c3ccccc3)O[C@@H]2[C@@H]1OC(=O)c1ccccc1. The molecule has 0 saturated carbocycles. The number of amides is 2. The van der Waals surface area contributed by atoms with Crippen LogP contribution in [-0.4, -0.2) is 86.4 Å². The third kappa shape index (κ3) is 9.37. The van der Waals surface area contributed by atoms with Crippen LogP contribution in [0.2, 0.25) is 0 Å². The Bertz CT molecular complexity index is 2320. The topological polar surface area (TPSA) is 174 Å². The molecule has 0 aromatic heterocycles. The van der Waals surface area contributed by atoms with Crippen molar-refractivity contribution in [2.45, 2.75) is 56.0 Å². The number of ether oxygens (including phenoxy) is 7. The fraction of sp³-hybridized carbons (Fsp3) is 0.255. The van der Waals surface area contributed by atoms with Crippen molar-refractivity contribution in [1.29, 1.82) is 0 Å². The zero-order valence-electron chi connectivity index (χ0n) is 32.9. The van der Waals surface area contributed by atoms with Crippen LogP contribution in [0.25, 0.3) is 11.1 Å². The average molecular weight is 827 g/mol. The van der Waals surface area contributed by atoms with Crippen molar-refractivity contribution >= 4 is 29.7 Å². The van der Waals surface area contributed by atoms with Crippen LogP contribution >= 0.6 is 0 Å². The van der Waals surface area contributed by atoms with Gasteiger partial charge in [-0.3, -0.25) is 9.59 Å². The quantitative estimate of drug-likeness (QED) is 0.0777. The summed E-state index contributed by atoms with van der Waals surface area (Å²) in [6.07, 6.45) is -6.81. The first-order valence-electron chi connectivity index (χ1n) is 19.8. The van der Waals surface area contributed by atoms with E-state index in [1.165, 1.54) is 6.92 Å². The molecule has 14 heteroatoms. The lowest BCUT2D eigenvalue weighted by Gasteiger charge is -2.42. The Balaban J connectivity index is 1.02. The number of carbonyl (C=O) groups excluding carboxylic acids is 5. The minimum Gasteiger partial charge on any atom is -0.456 e. The zero-order valence-corrected chi connectivity index (χ0v) is 32.9. The summed E-state index contributed by atoms with van der Waals surface area (Å²) < 4.78 is 42.0. The molecule has 0 radical (unpaired) electrons. The molecule has 5 aromatic rings. The Morgan fingerprint density at radius 1 is 0.672 bits per heavy atom. The van der Waals surface area contributed by atoms with Crippen molar-refractivity contribution in [1.82, 2.24) is 10.6 Å². The molecule has 2 saturated heterocycles. The van der Waals surface area contributed by atoms with Gasteiger partial charge in [-0.15, -0.1) is 0 Å². The molecule has 0 spiro atoms. The summed E-state index contributed by atoms with van der Waals surface area (Å²) in [5.41, 5.74) is 5.26. The molecule has 3 aliphatic rings. The lowest BCUT2D eigenvalue weighted by Crippen LogP contribution is -2.64. The Kier molecular flexibility index (Phi) is 12.6. The normalized spacial score (nSPS) is 21.8. The van der Waals surface area contributed by atoms with E-state index < -0.39 is 86.1 Å². The van der Waals surface area contributed by atoms with Crippen molar-refractivity contribution in [3.8, 4) is 11.1 Å². The largest absolute Gasteiger partial charge is 0.456 e. The number of hydrogen-bond donors (Lipinski definition) is 2. The van der Waals surface area contributed by atoms with Gasteiger partial charge in [-0.05, 0) is 34.4 Å². The summed E-state index contributed by atoms with van der Waals surface area (Å²) in [4.78, 5) is 66.4. The molecule has 0 unspecified atom stereocenters. The minimum atomic E-state index is -1.55. The Hall–Kier alpha value is -6.71. The number of alkyl carbamates (subject to hydrolysis) is 1. The summed E-state index contributed by atoms with van der Waals surface area (Å²) >= 11 is 0. The van der Waals surface area contributed by atoms with Gasteiger partial charge in [-0.25, -0.2) is 14.4 Å². The predicted octanol–water partition coefficient (Wildman–Crippen LogP) is 5.86. The van der Waals surface area contributed by atoms with Gasteiger partial charge < -0.3 is 43.8 Å². The molecule has 2 aliphatic heterocycles. The number of benzene rings is 5. The van der Waals surface area contributed by atoms with Gasteiger partial charge in [0, 0.05) is 24.0 Å². The van der Waals surface area contributed by atoms with Gasteiger partial charge in [0.15, 0.2) is 49.5 Å². The van der Waals surface area contributed by atoms with E-state index in [2.05, 4.69) is 10.6 Å². The first-order chi connectivity index (χ1) is 29.7. The number of carbonyl (C=O) groups is 5. The number of nitrogens with one attached hydrogen (secondary N) is 2. The van der Waals surface area contributed by atoms with E-state index in [4.69, 9.17) is 33.2 Å². The van der Waals surface area contributed by atoms with Crippen LogP contribution in [0.15, 0.2) is 140 Å². The van der Waals surface area contributed by atoms with Crippen LogP contribution < -0.4 is 10.6 Å². The zero-order chi connectivity index (χ0) is 42.3. The average Bonchev–Trinajstić information content (AvgIpc) is 3.87. The molecule has 2 heterocycles. The fourth-order valence-corrected chi connectivity index (χ4v) is 7.64. The van der Waals surface area contributed by atoms with E-state index in [0.717, 1.165) is 22.3 Å². The Morgan fingerprint density at radius 2 is 1.26 bits per heavy atom. The second-order valence-corrected chi connectivity index (χ2v) is 14.6. The monoisotopic (exact) mass is 826 g/mol. The lowest BCUT2D eigenvalue weighted by atomic mass is 9.98. The van der Waals surface area contributed by atoms with Gasteiger partial charge in [-0.1, -0.05) is 127 Å². The third-order valence-corrected chi connectivity index (χ3v) is 10.5. The van der Waals surface area contributed by atoms with E-state index >= 15 is 0 Å². The first-order valence-corrected chi connectivity index (χ1v) is 19.8. The number of esters is 2. The molecule has 1 aliphatic carbocycles. The van der Waals surface area contributed by atoms with Gasteiger partial charge in [0.05, 0.1) is 12.2 Å². The number of fused-ring (bicyclic) bond motifs is 4. The smallest absolute Gasteiger partial charge is 0.407 e. The van der Waals surface area contributed by atoms with E-state index in [0.29, 0.717) is 11.1 Å². The third-order valence-electron chi connectivity index (χ3n) is 10.5. The van der Waals surface area contributed by atoms with E-state index in [-0.39, 0.29) is 18.1 Å². The highest BCUT2D eigenvalue weighted by Gasteiger charge is 2.55. The Labute approximate surface area is 351 Å². The highest BCUT2D eigenvalue weighted by molar-refractivity contribution is 5.98. The van der Waals surface area contributed by atoms with E-state index in [1.54, 1.807) is 84.9 Å². The van der Waals surface area contributed by atoms with Gasteiger partial charge in [0.25, 0.3) is 0 Å². The van der Waals surface area contributed by atoms with Crippen LogP contribution in [0, 0.1) is 0 Å². The number of rotatable bonds is 14. The lowest BCUT2D eigenvalue weighted by molar-refractivity contribution is -0.291. The molecule has 2 amide bonds. The molecule has 2 N–H and O–H groups in total. The number of Topliss-reactive ketones (excluding diaryl/α,β-unsaturated/α-hetero) is 1. The molecule has 0 bridgehead atoms. The summed E-state index contributed by atoms with van der Waals surface area (Å²) in [7, 11) is 0. The van der Waals surface area contributed by atoms with Crippen LogP contribution in [0.3, 0.4) is 0 Å². The van der Waals surface area contributed by atoms with Gasteiger partial charge >= 0.3 is 18.0 Å². The molecule has 14 nitrogen and oxygen atoms in total. The highest BCUT2D eigenvalue weighted by atomic mass is 16.8. The summed E-state index contributed by atoms with van der Waals surface area (Å²) in [6, 6.07) is 38.5. The van der Waals surface area contributed by atoms with Gasteiger partial charge in [0.2, 0.25) is 5.91 Å². The summed E-state index contributed by atoms with van der Waals surface area (Å²) in [5.74, 6) is -2.99. The number of ketones is 1. The highest BCUT2D eigenvalue weighted by Crippen LogP contribution is 2.44. The van der Waals surface area contributed by atoms with Crippen molar-refractivity contribution in [2.75, 3.05) is 19.8 Å². The maximum absolute atomic E-state index is 13.7.